The van der Waals surface area contributed by atoms with Gasteiger partial charge in [0.2, 0.25) is 0 Å². The first-order chi connectivity index (χ1) is 10.3. The van der Waals surface area contributed by atoms with E-state index in [0.717, 1.165) is 53.7 Å². The second kappa shape index (κ2) is 8.74. The number of ether oxygens (including phenoxy) is 1. The standard InChI is InChI=1S/C16H23N3OS/c1-3-10-17-11-6-9-15-18-19-16(21-15)12-13-7-4-5-8-14(13)20-2/h4-5,7-8,17H,3,6,9-12H2,1-2H3. The van der Waals surface area contributed by atoms with Gasteiger partial charge in [0.1, 0.15) is 15.8 Å². The van der Waals surface area contributed by atoms with Gasteiger partial charge in [0.25, 0.3) is 0 Å². The maximum atomic E-state index is 5.37. The molecule has 21 heavy (non-hydrogen) atoms. The molecule has 4 nitrogen and oxygen atoms in total. The van der Waals surface area contributed by atoms with Crippen LogP contribution in [0.5, 0.6) is 5.75 Å². The fourth-order valence-corrected chi connectivity index (χ4v) is 3.05. The molecule has 2 aromatic rings. The van der Waals surface area contributed by atoms with Crippen molar-refractivity contribution in [3.05, 3.63) is 39.8 Å². The van der Waals surface area contributed by atoms with E-state index >= 15 is 0 Å². The molecule has 2 rings (SSSR count). The summed E-state index contributed by atoms with van der Waals surface area (Å²) in [4.78, 5) is 0. The normalized spacial score (nSPS) is 10.8. The van der Waals surface area contributed by atoms with Crippen LogP contribution in [0.1, 0.15) is 35.3 Å². The van der Waals surface area contributed by atoms with E-state index < -0.39 is 0 Å². The predicted molar refractivity (Wildman–Crippen MR) is 87.2 cm³/mol. The Morgan fingerprint density at radius 1 is 1.14 bits per heavy atom. The van der Waals surface area contributed by atoms with Crippen LogP contribution in [0.25, 0.3) is 0 Å². The molecule has 0 unspecified atom stereocenters. The molecule has 1 heterocycles. The molecule has 1 N–H and O–H groups in total. The lowest BCUT2D eigenvalue weighted by atomic mass is 10.1. The molecule has 1 aromatic heterocycles. The van der Waals surface area contributed by atoms with E-state index in [4.69, 9.17) is 4.74 Å². The minimum absolute atomic E-state index is 0.787. The summed E-state index contributed by atoms with van der Waals surface area (Å²) >= 11 is 1.71. The number of hydrogen-bond donors (Lipinski definition) is 1. The smallest absolute Gasteiger partial charge is 0.122 e. The van der Waals surface area contributed by atoms with Crippen LogP contribution >= 0.6 is 11.3 Å². The van der Waals surface area contributed by atoms with Crippen LogP contribution in [0, 0.1) is 0 Å². The minimum Gasteiger partial charge on any atom is -0.496 e. The van der Waals surface area contributed by atoms with E-state index in [1.165, 1.54) is 6.42 Å². The van der Waals surface area contributed by atoms with Crippen molar-refractivity contribution >= 4 is 11.3 Å². The summed E-state index contributed by atoms with van der Waals surface area (Å²) in [6, 6.07) is 8.07. The summed E-state index contributed by atoms with van der Waals surface area (Å²) in [6.07, 6.45) is 4.08. The molecule has 0 spiro atoms. The fourth-order valence-electron chi connectivity index (χ4n) is 2.14. The highest BCUT2D eigenvalue weighted by atomic mass is 32.1. The maximum absolute atomic E-state index is 5.37. The Kier molecular flexibility index (Phi) is 6.63. The first-order valence-electron chi connectivity index (χ1n) is 7.47. The molecule has 0 radical (unpaired) electrons. The number of nitrogens with one attached hydrogen (secondary N) is 1. The zero-order chi connectivity index (χ0) is 14.9. The molecule has 0 saturated heterocycles. The molecule has 114 valence electrons. The molecule has 0 fully saturated rings. The fraction of sp³-hybridized carbons (Fsp3) is 0.500. The number of hydrogen-bond acceptors (Lipinski definition) is 5. The summed E-state index contributed by atoms with van der Waals surface area (Å²) in [5.74, 6) is 0.915. The maximum Gasteiger partial charge on any atom is 0.122 e. The molecular weight excluding hydrogens is 282 g/mol. The lowest BCUT2D eigenvalue weighted by molar-refractivity contribution is 0.410. The van der Waals surface area contributed by atoms with Crippen LogP contribution in [0.15, 0.2) is 24.3 Å². The Bertz CT molecular complexity index is 542. The second-order valence-corrected chi connectivity index (χ2v) is 6.08. The number of aromatic nitrogens is 2. The first-order valence-corrected chi connectivity index (χ1v) is 8.29. The van der Waals surface area contributed by atoms with E-state index in [1.807, 2.05) is 18.2 Å². The molecule has 0 aliphatic carbocycles. The molecule has 0 atom stereocenters. The van der Waals surface area contributed by atoms with Crippen molar-refractivity contribution in [3.8, 4) is 5.75 Å². The van der Waals surface area contributed by atoms with Crippen molar-refractivity contribution in [1.82, 2.24) is 15.5 Å². The summed E-state index contributed by atoms with van der Waals surface area (Å²) < 4.78 is 5.37. The summed E-state index contributed by atoms with van der Waals surface area (Å²) in [5.41, 5.74) is 1.16. The van der Waals surface area contributed by atoms with Crippen LogP contribution in [0.3, 0.4) is 0 Å². The monoisotopic (exact) mass is 305 g/mol. The number of methoxy groups -OCH3 is 1. The molecule has 0 aliphatic rings. The van der Waals surface area contributed by atoms with Crippen LogP contribution in [0.2, 0.25) is 0 Å². The highest BCUT2D eigenvalue weighted by Crippen LogP contribution is 2.22. The van der Waals surface area contributed by atoms with Crippen LogP contribution in [0.4, 0.5) is 0 Å². The zero-order valence-corrected chi connectivity index (χ0v) is 13.6. The number of rotatable bonds is 9. The lowest BCUT2D eigenvalue weighted by Gasteiger charge is -2.05. The highest BCUT2D eigenvalue weighted by molar-refractivity contribution is 7.11. The SMILES string of the molecule is CCCNCCCc1nnc(Cc2ccccc2OC)s1. The van der Waals surface area contributed by atoms with E-state index in [9.17, 15) is 0 Å². The Morgan fingerprint density at radius 2 is 1.95 bits per heavy atom. The Hall–Kier alpha value is -1.46. The Labute approximate surface area is 130 Å². The summed E-state index contributed by atoms with van der Waals surface area (Å²) in [6.45, 7) is 4.33. The number of aryl methyl sites for hydroxylation is 1. The number of nitrogens with zero attached hydrogens (tertiary/aromatic N) is 2. The number of para-hydroxylation sites is 1. The van der Waals surface area contributed by atoms with Gasteiger partial charge in [-0.1, -0.05) is 25.1 Å². The van der Waals surface area contributed by atoms with Crippen LogP contribution in [-0.4, -0.2) is 30.4 Å². The minimum atomic E-state index is 0.787. The molecule has 0 bridgehead atoms. The predicted octanol–water partition coefficient (Wildman–Crippen LogP) is 3.07. The lowest BCUT2D eigenvalue weighted by Crippen LogP contribution is -2.16. The van der Waals surface area contributed by atoms with Gasteiger partial charge in [-0.2, -0.15) is 0 Å². The molecule has 0 saturated carbocycles. The van der Waals surface area contributed by atoms with Crippen molar-refractivity contribution in [3.63, 3.8) is 0 Å². The average Bonchev–Trinajstić information content (AvgIpc) is 2.95. The number of benzene rings is 1. The van der Waals surface area contributed by atoms with Gasteiger partial charge in [-0.15, -0.1) is 21.5 Å². The van der Waals surface area contributed by atoms with Crippen molar-refractivity contribution in [2.75, 3.05) is 20.2 Å². The largest absolute Gasteiger partial charge is 0.496 e. The quantitative estimate of drug-likeness (QED) is 0.723. The van der Waals surface area contributed by atoms with Crippen molar-refractivity contribution in [2.45, 2.75) is 32.6 Å². The van der Waals surface area contributed by atoms with Gasteiger partial charge in [-0.25, -0.2) is 0 Å². The average molecular weight is 305 g/mol. The van der Waals surface area contributed by atoms with E-state index in [1.54, 1.807) is 18.4 Å². The van der Waals surface area contributed by atoms with Gasteiger partial charge < -0.3 is 10.1 Å². The van der Waals surface area contributed by atoms with Crippen molar-refractivity contribution < 1.29 is 4.74 Å². The van der Waals surface area contributed by atoms with Crippen LogP contribution in [-0.2, 0) is 12.8 Å². The topological polar surface area (TPSA) is 47.0 Å². The van der Waals surface area contributed by atoms with Gasteiger partial charge in [-0.3, -0.25) is 0 Å². The van der Waals surface area contributed by atoms with Gasteiger partial charge >= 0.3 is 0 Å². The second-order valence-electron chi connectivity index (χ2n) is 4.93. The van der Waals surface area contributed by atoms with E-state index in [0.29, 0.717) is 0 Å². The van der Waals surface area contributed by atoms with Crippen LogP contribution < -0.4 is 10.1 Å². The Balaban J connectivity index is 1.85. The third kappa shape index (κ3) is 5.10. The van der Waals surface area contributed by atoms with Gasteiger partial charge in [0.15, 0.2) is 0 Å². The highest BCUT2D eigenvalue weighted by Gasteiger charge is 2.08. The zero-order valence-electron chi connectivity index (χ0n) is 12.8. The van der Waals surface area contributed by atoms with Gasteiger partial charge in [-0.05, 0) is 32.0 Å². The van der Waals surface area contributed by atoms with Gasteiger partial charge in [0, 0.05) is 18.4 Å². The molecule has 1 aromatic carbocycles. The third-order valence-corrected chi connectivity index (χ3v) is 4.20. The third-order valence-electron chi connectivity index (χ3n) is 3.21. The molecule has 0 aliphatic heterocycles. The molecule has 5 heteroatoms. The van der Waals surface area contributed by atoms with Crippen molar-refractivity contribution in [2.24, 2.45) is 0 Å². The molecular formula is C16H23N3OS. The van der Waals surface area contributed by atoms with E-state index in [2.05, 4.69) is 28.5 Å². The molecule has 0 amide bonds. The summed E-state index contributed by atoms with van der Waals surface area (Å²) in [7, 11) is 1.70. The Morgan fingerprint density at radius 3 is 2.76 bits per heavy atom. The van der Waals surface area contributed by atoms with E-state index in [-0.39, 0.29) is 0 Å². The van der Waals surface area contributed by atoms with Gasteiger partial charge in [0.05, 0.1) is 7.11 Å². The van der Waals surface area contributed by atoms with Crippen molar-refractivity contribution in [1.29, 1.82) is 0 Å². The summed E-state index contributed by atoms with van der Waals surface area (Å²) in [5, 5.41) is 14.2. The first kappa shape index (κ1) is 15.9.